The molecule has 1 aliphatic rings. The van der Waals surface area contributed by atoms with Crippen LogP contribution in [0.2, 0.25) is 0 Å². The maximum Gasteiger partial charge on any atom is 0.229 e. The van der Waals surface area contributed by atoms with Gasteiger partial charge in [0.1, 0.15) is 5.75 Å². The molecule has 2 N–H and O–H groups in total. The number of amides is 1. The zero-order chi connectivity index (χ0) is 15.9. The molecular weight excluding hydrogens is 280 g/mol. The number of nitrogens with one attached hydrogen (secondary N) is 2. The second kappa shape index (κ2) is 7.36. The smallest absolute Gasteiger partial charge is 0.229 e. The molecule has 1 heterocycles. The van der Waals surface area contributed by atoms with Gasteiger partial charge in [-0.2, -0.15) is 0 Å². The molecule has 0 spiro atoms. The van der Waals surface area contributed by atoms with Crippen molar-refractivity contribution in [3.63, 3.8) is 0 Å². The quantitative estimate of drug-likeness (QED) is 0.485. The van der Waals surface area contributed by atoms with Crippen molar-refractivity contribution in [2.75, 3.05) is 32.1 Å². The van der Waals surface area contributed by atoms with Crippen LogP contribution in [-0.2, 0) is 4.79 Å². The Balaban J connectivity index is 2.03. The van der Waals surface area contributed by atoms with Crippen LogP contribution in [0.15, 0.2) is 29.3 Å². The predicted molar refractivity (Wildman–Crippen MR) is 87.1 cm³/mol. The summed E-state index contributed by atoms with van der Waals surface area (Å²) in [6.45, 7) is 0.961. The minimum absolute atomic E-state index is 0.0114. The van der Waals surface area contributed by atoms with E-state index in [-0.39, 0.29) is 11.9 Å². The molecule has 1 fully saturated rings. The molecule has 0 aromatic heterocycles. The molecule has 1 aromatic carbocycles. The van der Waals surface area contributed by atoms with Crippen molar-refractivity contribution in [3.8, 4) is 18.1 Å². The Kier molecular flexibility index (Phi) is 5.26. The molecule has 116 valence electrons. The number of hydrogen-bond donors (Lipinski definition) is 2. The molecule has 0 saturated carbocycles. The van der Waals surface area contributed by atoms with Crippen LogP contribution in [-0.4, -0.2) is 45.2 Å². The summed E-state index contributed by atoms with van der Waals surface area (Å²) in [5, 5.41) is 6.20. The first-order chi connectivity index (χ1) is 10.7. The van der Waals surface area contributed by atoms with Gasteiger partial charge >= 0.3 is 0 Å². The fourth-order valence-corrected chi connectivity index (χ4v) is 2.35. The van der Waals surface area contributed by atoms with Crippen LogP contribution in [0.3, 0.4) is 0 Å². The van der Waals surface area contributed by atoms with E-state index in [4.69, 9.17) is 11.2 Å². The molecular formula is C16H20N4O2. The van der Waals surface area contributed by atoms with Crippen LogP contribution < -0.4 is 20.3 Å². The van der Waals surface area contributed by atoms with E-state index in [9.17, 15) is 4.79 Å². The molecule has 22 heavy (non-hydrogen) atoms. The van der Waals surface area contributed by atoms with E-state index in [2.05, 4.69) is 21.5 Å². The zero-order valence-corrected chi connectivity index (χ0v) is 12.8. The standard InChI is InChI=1S/C16H20N4O2/c1-4-8-18-16(17-2)19-12-9-15(21)20(11-12)13-6-5-7-14(10-13)22-3/h1,5-7,10,12H,8-9,11H2,2-3H3,(H2,17,18,19). The summed E-state index contributed by atoms with van der Waals surface area (Å²) >= 11 is 0. The number of hydrogen-bond acceptors (Lipinski definition) is 3. The van der Waals surface area contributed by atoms with Gasteiger partial charge in [0.25, 0.3) is 0 Å². The summed E-state index contributed by atoms with van der Waals surface area (Å²) in [6, 6.07) is 7.46. The van der Waals surface area contributed by atoms with Crippen molar-refractivity contribution < 1.29 is 9.53 Å². The Morgan fingerprint density at radius 3 is 3.09 bits per heavy atom. The highest BCUT2D eigenvalue weighted by atomic mass is 16.5. The maximum absolute atomic E-state index is 12.2. The number of aliphatic imine (C=N–C) groups is 1. The molecule has 1 saturated heterocycles. The average molecular weight is 300 g/mol. The van der Waals surface area contributed by atoms with Gasteiger partial charge in [0.2, 0.25) is 5.91 Å². The number of nitrogens with zero attached hydrogens (tertiary/aromatic N) is 2. The number of methoxy groups -OCH3 is 1. The van der Waals surface area contributed by atoms with Crippen molar-refractivity contribution >= 4 is 17.6 Å². The molecule has 1 unspecified atom stereocenters. The fourth-order valence-electron chi connectivity index (χ4n) is 2.35. The SMILES string of the molecule is C#CCNC(=NC)NC1CC(=O)N(c2cccc(OC)c2)C1. The van der Waals surface area contributed by atoms with Gasteiger partial charge in [-0.05, 0) is 12.1 Å². The number of carbonyl (C=O) groups excluding carboxylic acids is 1. The lowest BCUT2D eigenvalue weighted by Gasteiger charge is -2.19. The molecule has 1 atom stereocenters. The summed E-state index contributed by atoms with van der Waals surface area (Å²) in [5.41, 5.74) is 0.834. The molecule has 0 aliphatic carbocycles. The first-order valence-corrected chi connectivity index (χ1v) is 7.03. The largest absolute Gasteiger partial charge is 0.497 e. The van der Waals surface area contributed by atoms with E-state index >= 15 is 0 Å². The van der Waals surface area contributed by atoms with Gasteiger partial charge < -0.3 is 20.3 Å². The number of benzene rings is 1. The number of anilines is 1. The summed E-state index contributed by atoms with van der Waals surface area (Å²) in [7, 11) is 3.28. The monoisotopic (exact) mass is 300 g/mol. The predicted octanol–water partition coefficient (Wildman–Crippen LogP) is 0.599. The Labute approximate surface area is 130 Å². The first kappa shape index (κ1) is 15.7. The van der Waals surface area contributed by atoms with E-state index < -0.39 is 0 Å². The van der Waals surface area contributed by atoms with E-state index in [1.165, 1.54) is 0 Å². The van der Waals surface area contributed by atoms with Crippen LogP contribution >= 0.6 is 0 Å². The Bertz CT molecular complexity index is 606. The zero-order valence-electron chi connectivity index (χ0n) is 12.8. The van der Waals surface area contributed by atoms with Gasteiger partial charge in [0.15, 0.2) is 5.96 Å². The van der Waals surface area contributed by atoms with Crippen molar-refractivity contribution in [1.29, 1.82) is 0 Å². The first-order valence-electron chi connectivity index (χ1n) is 7.03. The van der Waals surface area contributed by atoms with Gasteiger partial charge in [-0.15, -0.1) is 6.42 Å². The number of terminal acetylenes is 1. The maximum atomic E-state index is 12.2. The summed E-state index contributed by atoms with van der Waals surface area (Å²) in [6.07, 6.45) is 5.63. The van der Waals surface area contributed by atoms with Gasteiger partial charge in [-0.1, -0.05) is 12.0 Å². The Morgan fingerprint density at radius 1 is 1.59 bits per heavy atom. The lowest BCUT2D eigenvalue weighted by molar-refractivity contribution is -0.117. The number of rotatable bonds is 4. The van der Waals surface area contributed by atoms with Crippen molar-refractivity contribution in [3.05, 3.63) is 24.3 Å². The van der Waals surface area contributed by atoms with Crippen molar-refractivity contribution in [2.45, 2.75) is 12.5 Å². The molecule has 1 amide bonds. The van der Waals surface area contributed by atoms with Crippen molar-refractivity contribution in [2.24, 2.45) is 4.99 Å². The highest BCUT2D eigenvalue weighted by Gasteiger charge is 2.31. The molecule has 0 bridgehead atoms. The normalized spacial score (nSPS) is 18.0. The molecule has 1 aliphatic heterocycles. The van der Waals surface area contributed by atoms with Crippen LogP contribution in [0.1, 0.15) is 6.42 Å². The van der Waals surface area contributed by atoms with E-state index in [1.807, 2.05) is 24.3 Å². The van der Waals surface area contributed by atoms with E-state index in [0.29, 0.717) is 25.5 Å². The van der Waals surface area contributed by atoms with Crippen LogP contribution in [0, 0.1) is 12.3 Å². The lowest BCUT2D eigenvalue weighted by atomic mass is 10.2. The summed E-state index contributed by atoms with van der Waals surface area (Å²) in [4.78, 5) is 18.1. The summed E-state index contributed by atoms with van der Waals surface area (Å²) in [5.74, 6) is 3.89. The Morgan fingerprint density at radius 2 is 2.41 bits per heavy atom. The minimum Gasteiger partial charge on any atom is -0.497 e. The van der Waals surface area contributed by atoms with Crippen molar-refractivity contribution in [1.82, 2.24) is 10.6 Å². The second-order valence-corrected chi connectivity index (χ2v) is 4.88. The minimum atomic E-state index is -0.0114. The molecule has 6 nitrogen and oxygen atoms in total. The average Bonchev–Trinajstić information content (AvgIpc) is 2.92. The number of ether oxygens (including phenoxy) is 1. The van der Waals surface area contributed by atoms with Gasteiger partial charge in [0.05, 0.1) is 19.7 Å². The third-order valence-corrected chi connectivity index (χ3v) is 3.41. The number of carbonyl (C=O) groups is 1. The van der Waals surface area contributed by atoms with Crippen LogP contribution in [0.4, 0.5) is 5.69 Å². The topological polar surface area (TPSA) is 66.0 Å². The molecule has 2 rings (SSSR count). The highest BCUT2D eigenvalue weighted by molar-refractivity contribution is 5.97. The Hall–Kier alpha value is -2.68. The lowest BCUT2D eigenvalue weighted by Crippen LogP contribution is -2.44. The van der Waals surface area contributed by atoms with E-state index in [1.54, 1.807) is 19.1 Å². The third kappa shape index (κ3) is 3.70. The van der Waals surface area contributed by atoms with Gasteiger partial charge in [-0.3, -0.25) is 9.79 Å². The highest BCUT2D eigenvalue weighted by Crippen LogP contribution is 2.25. The van der Waals surface area contributed by atoms with Gasteiger partial charge in [0, 0.05) is 31.8 Å². The van der Waals surface area contributed by atoms with Crippen LogP contribution in [0.5, 0.6) is 5.75 Å². The number of guanidine groups is 1. The van der Waals surface area contributed by atoms with Gasteiger partial charge in [-0.25, -0.2) is 0 Å². The fraction of sp³-hybridized carbons (Fsp3) is 0.375. The molecule has 6 heteroatoms. The molecule has 1 aromatic rings. The third-order valence-electron chi connectivity index (χ3n) is 3.41. The van der Waals surface area contributed by atoms with E-state index in [0.717, 1.165) is 11.4 Å². The molecule has 0 radical (unpaired) electrons. The second-order valence-electron chi connectivity index (χ2n) is 4.88. The van der Waals surface area contributed by atoms with Crippen LogP contribution in [0.25, 0.3) is 0 Å². The summed E-state index contributed by atoms with van der Waals surface area (Å²) < 4.78 is 5.20.